The molecule has 0 heterocycles. The van der Waals surface area contributed by atoms with Crippen LogP contribution in [0.15, 0.2) is 0 Å². The van der Waals surface area contributed by atoms with Gasteiger partial charge in [0.2, 0.25) is 0 Å². The first-order valence-corrected chi connectivity index (χ1v) is 10.2. The van der Waals surface area contributed by atoms with Crippen molar-refractivity contribution in [1.29, 1.82) is 0 Å². The lowest BCUT2D eigenvalue weighted by atomic mass is 10.0. The van der Waals surface area contributed by atoms with Crippen LogP contribution in [0.2, 0.25) is 0 Å². The van der Waals surface area contributed by atoms with Gasteiger partial charge in [-0.1, -0.05) is 90.4 Å². The third-order valence-electron chi connectivity index (χ3n) is 4.56. The summed E-state index contributed by atoms with van der Waals surface area (Å²) < 4.78 is 0. The van der Waals surface area contributed by atoms with Crippen molar-refractivity contribution in [2.24, 2.45) is 0 Å². The molecule has 0 fully saturated rings. The number of unbranched alkanes of at least 4 members (excludes halogenated alkanes) is 13. The molecule has 0 aromatic rings. The van der Waals surface area contributed by atoms with Gasteiger partial charge in [0.1, 0.15) is 6.29 Å². The summed E-state index contributed by atoms with van der Waals surface area (Å²) in [6, 6.07) is 0. The van der Waals surface area contributed by atoms with Crippen molar-refractivity contribution < 1.29 is 14.4 Å². The van der Waals surface area contributed by atoms with E-state index in [0.29, 0.717) is 12.7 Å². The third-order valence-corrected chi connectivity index (χ3v) is 4.56. The van der Waals surface area contributed by atoms with Crippen LogP contribution in [0.1, 0.15) is 116 Å². The molecular weight excluding hydrogens is 300 g/mol. The van der Waals surface area contributed by atoms with Gasteiger partial charge in [-0.15, -0.1) is 0 Å². The molecule has 0 aliphatic heterocycles. The summed E-state index contributed by atoms with van der Waals surface area (Å²) in [6.07, 6.45) is 19.2. The molecule has 0 N–H and O–H groups in total. The smallest absolute Gasteiger partial charge is 0.198 e. The molecule has 0 aliphatic carbocycles. The van der Waals surface area contributed by atoms with E-state index in [1.54, 1.807) is 0 Å². The van der Waals surface area contributed by atoms with Crippen molar-refractivity contribution in [3.05, 3.63) is 0 Å². The number of hydrogen-bond acceptors (Lipinski definition) is 3. The lowest BCUT2D eigenvalue weighted by Gasteiger charge is -2.03. The molecule has 0 bridgehead atoms. The summed E-state index contributed by atoms with van der Waals surface area (Å²) in [5.74, 6) is -0.674. The van der Waals surface area contributed by atoms with Gasteiger partial charge >= 0.3 is 0 Å². The van der Waals surface area contributed by atoms with Crippen LogP contribution in [0.5, 0.6) is 0 Å². The highest BCUT2D eigenvalue weighted by Gasteiger charge is 2.11. The number of ketones is 2. The molecule has 0 amide bonds. The Morgan fingerprint density at radius 2 is 0.958 bits per heavy atom. The number of hydrogen-bond donors (Lipinski definition) is 0. The molecule has 0 aliphatic rings. The Morgan fingerprint density at radius 1 is 0.583 bits per heavy atom. The maximum absolute atomic E-state index is 11.5. The fourth-order valence-corrected chi connectivity index (χ4v) is 2.95. The van der Waals surface area contributed by atoms with E-state index in [4.69, 9.17) is 0 Å². The zero-order valence-electron chi connectivity index (χ0n) is 15.8. The van der Waals surface area contributed by atoms with Crippen molar-refractivity contribution in [1.82, 2.24) is 0 Å². The van der Waals surface area contributed by atoms with E-state index in [0.717, 1.165) is 19.3 Å². The maximum atomic E-state index is 11.5. The predicted molar refractivity (Wildman–Crippen MR) is 100 cm³/mol. The van der Waals surface area contributed by atoms with Gasteiger partial charge < -0.3 is 4.79 Å². The zero-order chi connectivity index (χ0) is 17.9. The van der Waals surface area contributed by atoms with Gasteiger partial charge in [-0.05, 0) is 6.42 Å². The van der Waals surface area contributed by atoms with E-state index >= 15 is 0 Å². The molecule has 0 aromatic carbocycles. The van der Waals surface area contributed by atoms with Crippen LogP contribution in [-0.4, -0.2) is 17.9 Å². The van der Waals surface area contributed by atoms with Crippen molar-refractivity contribution in [2.75, 3.05) is 0 Å². The molecule has 0 radical (unpaired) electrons. The first-order chi connectivity index (χ1) is 11.7. The van der Waals surface area contributed by atoms with Crippen molar-refractivity contribution in [3.63, 3.8) is 0 Å². The second-order valence-electron chi connectivity index (χ2n) is 6.90. The van der Waals surface area contributed by atoms with E-state index in [9.17, 15) is 14.4 Å². The molecule has 0 aromatic heterocycles. The highest BCUT2D eigenvalue weighted by Crippen LogP contribution is 2.13. The zero-order valence-corrected chi connectivity index (χ0v) is 15.8. The Morgan fingerprint density at radius 3 is 1.38 bits per heavy atom. The lowest BCUT2D eigenvalue weighted by Crippen LogP contribution is -2.13. The van der Waals surface area contributed by atoms with Crippen LogP contribution in [0, 0.1) is 0 Å². The standard InChI is InChI=1S/C21H38O3/c1-2-3-4-5-6-7-8-9-10-11-12-13-14-15-17-20(23)21(24)18-16-19-22/h19H,2-18H2,1H3. The Bertz CT molecular complexity index is 323. The summed E-state index contributed by atoms with van der Waals surface area (Å²) in [5, 5.41) is 0. The van der Waals surface area contributed by atoms with E-state index in [-0.39, 0.29) is 24.4 Å². The van der Waals surface area contributed by atoms with Gasteiger partial charge in [-0.2, -0.15) is 0 Å². The van der Waals surface area contributed by atoms with Crippen LogP contribution >= 0.6 is 0 Å². The number of rotatable bonds is 19. The molecule has 140 valence electrons. The summed E-state index contributed by atoms with van der Waals surface area (Å²) in [7, 11) is 0. The molecule has 3 heteroatoms. The summed E-state index contributed by atoms with van der Waals surface area (Å²) >= 11 is 0. The highest BCUT2D eigenvalue weighted by atomic mass is 16.2. The van der Waals surface area contributed by atoms with Gasteiger partial charge in [0.25, 0.3) is 0 Å². The lowest BCUT2D eigenvalue weighted by molar-refractivity contribution is -0.136. The second-order valence-corrected chi connectivity index (χ2v) is 6.90. The molecule has 3 nitrogen and oxygen atoms in total. The van der Waals surface area contributed by atoms with Crippen LogP contribution in [0.3, 0.4) is 0 Å². The number of carbonyl (C=O) groups is 3. The quantitative estimate of drug-likeness (QED) is 0.165. The first-order valence-electron chi connectivity index (χ1n) is 10.2. The second kappa shape index (κ2) is 18.4. The molecule has 0 spiro atoms. The molecule has 0 rings (SSSR count). The molecule has 0 atom stereocenters. The monoisotopic (exact) mass is 338 g/mol. The molecule has 0 saturated heterocycles. The molecular formula is C21H38O3. The fraction of sp³-hybridized carbons (Fsp3) is 0.857. The molecule has 0 saturated carbocycles. The van der Waals surface area contributed by atoms with E-state index in [1.807, 2.05) is 0 Å². The minimum Gasteiger partial charge on any atom is -0.303 e. The van der Waals surface area contributed by atoms with Crippen LogP contribution < -0.4 is 0 Å². The average Bonchev–Trinajstić information content (AvgIpc) is 2.59. The number of aldehydes is 1. The van der Waals surface area contributed by atoms with Gasteiger partial charge in [0.05, 0.1) is 0 Å². The average molecular weight is 339 g/mol. The molecule has 0 unspecified atom stereocenters. The molecule has 24 heavy (non-hydrogen) atoms. The minimum absolute atomic E-state index is 0.0843. The van der Waals surface area contributed by atoms with Gasteiger partial charge in [0.15, 0.2) is 11.6 Å². The van der Waals surface area contributed by atoms with E-state index in [2.05, 4.69) is 6.92 Å². The van der Waals surface area contributed by atoms with Crippen LogP contribution in [0.4, 0.5) is 0 Å². The van der Waals surface area contributed by atoms with E-state index < -0.39 is 0 Å². The maximum Gasteiger partial charge on any atom is 0.198 e. The van der Waals surface area contributed by atoms with Crippen molar-refractivity contribution in [2.45, 2.75) is 116 Å². The third kappa shape index (κ3) is 15.9. The Kier molecular flexibility index (Phi) is 17.6. The largest absolute Gasteiger partial charge is 0.303 e. The van der Waals surface area contributed by atoms with E-state index in [1.165, 1.54) is 70.6 Å². The van der Waals surface area contributed by atoms with Gasteiger partial charge in [-0.25, -0.2) is 0 Å². The Labute approximate surface area is 149 Å². The topological polar surface area (TPSA) is 51.2 Å². The Hall–Kier alpha value is -0.990. The van der Waals surface area contributed by atoms with Crippen molar-refractivity contribution >= 4 is 17.9 Å². The van der Waals surface area contributed by atoms with Gasteiger partial charge in [-0.3, -0.25) is 9.59 Å². The van der Waals surface area contributed by atoms with Crippen molar-refractivity contribution in [3.8, 4) is 0 Å². The first kappa shape index (κ1) is 23.0. The predicted octanol–water partition coefficient (Wildman–Crippen LogP) is 5.98. The van der Waals surface area contributed by atoms with Crippen LogP contribution in [0.25, 0.3) is 0 Å². The Balaban J connectivity index is 3.21. The number of carbonyl (C=O) groups excluding carboxylic acids is 3. The number of Topliss-reactive ketones (excluding diaryl/α,β-unsaturated/α-hetero) is 2. The summed E-state index contributed by atoms with van der Waals surface area (Å²) in [4.78, 5) is 33.0. The SMILES string of the molecule is CCCCCCCCCCCCCCCCC(=O)C(=O)CCC=O. The van der Waals surface area contributed by atoms with Crippen LogP contribution in [-0.2, 0) is 14.4 Å². The summed E-state index contributed by atoms with van der Waals surface area (Å²) in [6.45, 7) is 2.26. The highest BCUT2D eigenvalue weighted by molar-refractivity contribution is 6.37. The fourth-order valence-electron chi connectivity index (χ4n) is 2.95. The normalized spacial score (nSPS) is 10.7. The summed E-state index contributed by atoms with van der Waals surface area (Å²) in [5.41, 5.74) is 0. The van der Waals surface area contributed by atoms with Gasteiger partial charge in [0, 0.05) is 19.3 Å². The minimum atomic E-state index is -0.378.